The maximum Gasteiger partial charge on any atom is 0.242 e. The van der Waals surface area contributed by atoms with E-state index >= 15 is 0 Å². The lowest BCUT2D eigenvalue weighted by Gasteiger charge is -2.00. The standard InChI is InChI=1S/C11H10N2O/c1-8-4-3-5-9-6-10(12-7-14)13(2)11(8)9/h3-6H,1-2H3. The van der Waals surface area contributed by atoms with Crippen molar-refractivity contribution < 1.29 is 4.79 Å². The number of hydrogen-bond acceptors (Lipinski definition) is 2. The van der Waals surface area contributed by atoms with Gasteiger partial charge in [0.2, 0.25) is 6.08 Å². The summed E-state index contributed by atoms with van der Waals surface area (Å²) < 4.78 is 1.90. The second-order valence-corrected chi connectivity index (χ2v) is 3.28. The van der Waals surface area contributed by atoms with Crippen LogP contribution in [0.5, 0.6) is 0 Å². The summed E-state index contributed by atoms with van der Waals surface area (Å²) in [6.45, 7) is 2.04. The molecule has 0 atom stereocenters. The van der Waals surface area contributed by atoms with Crippen molar-refractivity contribution in [2.45, 2.75) is 6.92 Å². The number of rotatable bonds is 1. The van der Waals surface area contributed by atoms with Gasteiger partial charge in [-0.1, -0.05) is 18.2 Å². The number of aliphatic imine (C=N–C) groups is 1. The predicted molar refractivity (Wildman–Crippen MR) is 55.4 cm³/mol. The van der Waals surface area contributed by atoms with Crippen LogP contribution in [-0.2, 0) is 11.8 Å². The van der Waals surface area contributed by atoms with Crippen molar-refractivity contribution in [3.05, 3.63) is 29.8 Å². The lowest BCUT2D eigenvalue weighted by atomic mass is 10.2. The highest BCUT2D eigenvalue weighted by Crippen LogP contribution is 2.26. The monoisotopic (exact) mass is 186 g/mol. The second kappa shape index (κ2) is 3.13. The van der Waals surface area contributed by atoms with E-state index in [4.69, 9.17) is 0 Å². The van der Waals surface area contributed by atoms with Crippen LogP contribution in [0.3, 0.4) is 0 Å². The average molecular weight is 186 g/mol. The van der Waals surface area contributed by atoms with E-state index in [-0.39, 0.29) is 0 Å². The van der Waals surface area contributed by atoms with Gasteiger partial charge in [0.1, 0.15) is 5.82 Å². The summed E-state index contributed by atoms with van der Waals surface area (Å²) in [5.41, 5.74) is 2.29. The van der Waals surface area contributed by atoms with E-state index < -0.39 is 0 Å². The molecule has 0 aliphatic heterocycles. The highest BCUT2D eigenvalue weighted by Gasteiger charge is 2.05. The lowest BCUT2D eigenvalue weighted by molar-refractivity contribution is 0.565. The van der Waals surface area contributed by atoms with Crippen LogP contribution in [0.15, 0.2) is 29.3 Å². The molecule has 0 spiro atoms. The quantitative estimate of drug-likeness (QED) is 0.497. The molecule has 3 heteroatoms. The van der Waals surface area contributed by atoms with Crippen LogP contribution >= 0.6 is 0 Å². The van der Waals surface area contributed by atoms with Gasteiger partial charge in [-0.25, -0.2) is 4.79 Å². The maximum absolute atomic E-state index is 10.2. The Morgan fingerprint density at radius 3 is 2.86 bits per heavy atom. The smallest absolute Gasteiger partial charge is 0.242 e. The first-order valence-electron chi connectivity index (χ1n) is 4.37. The van der Waals surface area contributed by atoms with Crippen molar-refractivity contribution >= 4 is 22.8 Å². The lowest BCUT2D eigenvalue weighted by Crippen LogP contribution is -1.88. The molecule has 0 fully saturated rings. The number of carbonyl (C=O) groups excluding carboxylic acids is 1. The van der Waals surface area contributed by atoms with E-state index in [1.165, 1.54) is 5.56 Å². The molecule has 0 unspecified atom stereocenters. The summed E-state index contributed by atoms with van der Waals surface area (Å²) in [4.78, 5) is 13.8. The third-order valence-corrected chi connectivity index (χ3v) is 2.39. The summed E-state index contributed by atoms with van der Waals surface area (Å²) in [7, 11) is 1.89. The minimum atomic E-state index is 0.643. The molecule has 70 valence electrons. The van der Waals surface area contributed by atoms with Crippen molar-refractivity contribution in [3.63, 3.8) is 0 Å². The molecule has 1 aromatic carbocycles. The highest BCUT2D eigenvalue weighted by molar-refractivity contribution is 5.87. The Bertz CT molecular complexity index is 533. The first-order valence-corrected chi connectivity index (χ1v) is 4.37. The van der Waals surface area contributed by atoms with E-state index in [0.29, 0.717) is 5.82 Å². The maximum atomic E-state index is 10.2. The van der Waals surface area contributed by atoms with E-state index in [0.717, 1.165) is 10.9 Å². The number of aromatic nitrogens is 1. The van der Waals surface area contributed by atoms with Crippen molar-refractivity contribution in [2.75, 3.05) is 0 Å². The molecule has 2 aromatic rings. The summed E-state index contributed by atoms with van der Waals surface area (Å²) >= 11 is 0. The van der Waals surface area contributed by atoms with Crippen LogP contribution in [0.25, 0.3) is 10.9 Å². The molecule has 0 saturated carbocycles. The summed E-state index contributed by atoms with van der Waals surface area (Å²) in [5, 5.41) is 1.10. The van der Waals surface area contributed by atoms with Crippen LogP contribution in [-0.4, -0.2) is 10.6 Å². The van der Waals surface area contributed by atoms with E-state index in [1.54, 1.807) is 6.08 Å². The summed E-state index contributed by atoms with van der Waals surface area (Å²) in [6.07, 6.45) is 1.56. The fourth-order valence-corrected chi connectivity index (χ4v) is 1.76. The molecular formula is C11H10N2O. The zero-order valence-corrected chi connectivity index (χ0v) is 8.11. The van der Waals surface area contributed by atoms with E-state index in [2.05, 4.69) is 4.99 Å². The highest BCUT2D eigenvalue weighted by atomic mass is 16.1. The van der Waals surface area contributed by atoms with Gasteiger partial charge >= 0.3 is 0 Å². The number of benzene rings is 1. The molecule has 2 rings (SSSR count). The van der Waals surface area contributed by atoms with Crippen molar-refractivity contribution in [3.8, 4) is 0 Å². The Labute approximate surface area is 81.7 Å². The van der Waals surface area contributed by atoms with Gasteiger partial charge in [0.05, 0.1) is 5.52 Å². The molecule has 0 saturated heterocycles. The Morgan fingerprint density at radius 1 is 1.43 bits per heavy atom. The van der Waals surface area contributed by atoms with Gasteiger partial charge < -0.3 is 4.57 Å². The summed E-state index contributed by atoms with van der Waals surface area (Å²) in [5.74, 6) is 0.643. The molecule has 0 aliphatic rings. The minimum Gasteiger partial charge on any atom is -0.328 e. The fraction of sp³-hybridized carbons (Fsp3) is 0.182. The van der Waals surface area contributed by atoms with Gasteiger partial charge in [0.15, 0.2) is 0 Å². The van der Waals surface area contributed by atoms with Gasteiger partial charge in [-0.2, -0.15) is 0 Å². The first kappa shape index (κ1) is 8.73. The van der Waals surface area contributed by atoms with Crippen LogP contribution < -0.4 is 0 Å². The largest absolute Gasteiger partial charge is 0.328 e. The Balaban J connectivity index is 2.87. The minimum absolute atomic E-state index is 0.643. The Hall–Kier alpha value is -1.86. The number of aryl methyl sites for hydroxylation is 2. The number of para-hydroxylation sites is 1. The Morgan fingerprint density at radius 2 is 2.21 bits per heavy atom. The van der Waals surface area contributed by atoms with Gasteiger partial charge in [-0.05, 0) is 18.6 Å². The molecule has 0 aliphatic carbocycles. The third kappa shape index (κ3) is 1.15. The van der Waals surface area contributed by atoms with Crippen molar-refractivity contribution in [1.29, 1.82) is 0 Å². The number of fused-ring (bicyclic) bond motifs is 1. The van der Waals surface area contributed by atoms with Crippen LogP contribution in [0.1, 0.15) is 5.56 Å². The van der Waals surface area contributed by atoms with E-state index in [1.807, 2.05) is 42.8 Å². The predicted octanol–water partition coefficient (Wildman–Crippen LogP) is 2.45. The topological polar surface area (TPSA) is 34.4 Å². The number of hydrogen-bond donors (Lipinski definition) is 0. The zero-order chi connectivity index (χ0) is 10.1. The molecular weight excluding hydrogens is 176 g/mol. The zero-order valence-electron chi connectivity index (χ0n) is 8.11. The van der Waals surface area contributed by atoms with Crippen LogP contribution in [0, 0.1) is 6.92 Å². The van der Waals surface area contributed by atoms with Crippen molar-refractivity contribution in [2.24, 2.45) is 12.0 Å². The number of isocyanates is 1. The molecule has 0 amide bonds. The normalized spacial score (nSPS) is 10.1. The molecule has 3 nitrogen and oxygen atoms in total. The Kier molecular flexibility index (Phi) is 1.95. The second-order valence-electron chi connectivity index (χ2n) is 3.28. The number of nitrogens with zero attached hydrogens (tertiary/aromatic N) is 2. The molecule has 0 radical (unpaired) electrons. The molecule has 0 N–H and O–H groups in total. The molecule has 14 heavy (non-hydrogen) atoms. The third-order valence-electron chi connectivity index (χ3n) is 2.39. The fourth-order valence-electron chi connectivity index (χ4n) is 1.76. The summed E-state index contributed by atoms with van der Waals surface area (Å²) in [6, 6.07) is 7.92. The van der Waals surface area contributed by atoms with E-state index in [9.17, 15) is 4.79 Å². The SMILES string of the molecule is Cc1cccc2cc(N=C=O)n(C)c12. The molecule has 1 aromatic heterocycles. The van der Waals surface area contributed by atoms with Gasteiger partial charge in [-0.15, -0.1) is 4.99 Å². The van der Waals surface area contributed by atoms with Gasteiger partial charge in [0, 0.05) is 12.4 Å². The molecule has 0 bridgehead atoms. The van der Waals surface area contributed by atoms with Crippen molar-refractivity contribution in [1.82, 2.24) is 4.57 Å². The first-order chi connectivity index (χ1) is 6.74. The van der Waals surface area contributed by atoms with Gasteiger partial charge in [-0.3, -0.25) is 0 Å². The van der Waals surface area contributed by atoms with Crippen LogP contribution in [0.4, 0.5) is 5.82 Å². The van der Waals surface area contributed by atoms with Crippen LogP contribution in [0.2, 0.25) is 0 Å². The molecule has 1 heterocycles. The van der Waals surface area contributed by atoms with Gasteiger partial charge in [0.25, 0.3) is 0 Å². The average Bonchev–Trinajstić information content (AvgIpc) is 2.46.